The molecule has 174 valence electrons. The Labute approximate surface area is 195 Å². The normalized spacial score (nSPS) is 18.8. The number of thioether (sulfide) groups is 1. The fourth-order valence-electron chi connectivity index (χ4n) is 3.74. The summed E-state index contributed by atoms with van der Waals surface area (Å²) in [6.07, 6.45) is 9.98. The number of carbonyl (C=O) groups excluding carboxylic acids is 1. The first-order chi connectivity index (χ1) is 15.2. The Morgan fingerprint density at radius 1 is 1.34 bits per heavy atom. The quantitative estimate of drug-likeness (QED) is 0.329. The third-order valence-electron chi connectivity index (χ3n) is 5.24. The van der Waals surface area contributed by atoms with Crippen molar-refractivity contribution in [1.29, 1.82) is 0 Å². The maximum absolute atomic E-state index is 12.1. The van der Waals surface area contributed by atoms with Gasteiger partial charge in [0.1, 0.15) is 10.6 Å². The van der Waals surface area contributed by atoms with Crippen molar-refractivity contribution in [1.82, 2.24) is 14.9 Å². The van der Waals surface area contributed by atoms with Crippen molar-refractivity contribution in [3.8, 4) is 0 Å². The highest BCUT2D eigenvalue weighted by Gasteiger charge is 2.35. The number of hydrogen-bond donors (Lipinski definition) is 1. The number of rotatable bonds is 8. The molecule has 0 saturated carbocycles. The average Bonchev–Trinajstić information content (AvgIpc) is 2.69. The van der Waals surface area contributed by atoms with Gasteiger partial charge >= 0.3 is 6.09 Å². The van der Waals surface area contributed by atoms with Crippen LogP contribution in [0.2, 0.25) is 0 Å². The number of fused-ring (bicyclic) bond motifs is 1. The van der Waals surface area contributed by atoms with E-state index in [1.54, 1.807) is 22.7 Å². The van der Waals surface area contributed by atoms with Crippen LogP contribution in [0, 0.1) is 5.92 Å². The minimum Gasteiger partial charge on any atom is -0.444 e. The summed E-state index contributed by atoms with van der Waals surface area (Å²) in [6, 6.07) is 0. The monoisotopic (exact) mass is 458 g/mol. The Kier molecular flexibility index (Phi) is 8.00. The van der Waals surface area contributed by atoms with Crippen molar-refractivity contribution >= 4 is 23.8 Å². The predicted molar refractivity (Wildman–Crippen MR) is 129 cm³/mol. The lowest BCUT2D eigenvalue weighted by molar-refractivity contribution is -0.0417. The van der Waals surface area contributed by atoms with Crippen molar-refractivity contribution in [2.45, 2.75) is 56.8 Å². The molecule has 2 heterocycles. The van der Waals surface area contributed by atoms with Crippen molar-refractivity contribution < 1.29 is 14.3 Å². The second kappa shape index (κ2) is 10.5. The van der Waals surface area contributed by atoms with Crippen molar-refractivity contribution in [3.05, 3.63) is 48.3 Å². The first kappa shape index (κ1) is 24.3. The zero-order chi connectivity index (χ0) is 23.3. The second-order valence-electron chi connectivity index (χ2n) is 9.13. The summed E-state index contributed by atoms with van der Waals surface area (Å²) in [5.41, 5.74) is 2.36. The van der Waals surface area contributed by atoms with Crippen LogP contribution in [0.15, 0.2) is 42.1 Å². The van der Waals surface area contributed by atoms with Crippen LogP contribution in [0.25, 0.3) is 0 Å². The van der Waals surface area contributed by atoms with Crippen LogP contribution in [-0.4, -0.2) is 52.5 Å². The predicted octanol–water partition coefficient (Wildman–Crippen LogP) is 5.13. The van der Waals surface area contributed by atoms with Crippen molar-refractivity contribution in [3.63, 3.8) is 0 Å². The molecule has 7 nitrogen and oxygen atoms in total. The molecule has 0 unspecified atom stereocenters. The van der Waals surface area contributed by atoms with Gasteiger partial charge in [-0.15, -0.1) is 11.8 Å². The van der Waals surface area contributed by atoms with Gasteiger partial charge in [0.2, 0.25) is 5.95 Å². The van der Waals surface area contributed by atoms with Gasteiger partial charge in [0.05, 0.1) is 18.4 Å². The number of ether oxygens (including phenoxy) is 2. The van der Waals surface area contributed by atoms with E-state index in [2.05, 4.69) is 23.5 Å². The molecule has 0 spiro atoms. The maximum atomic E-state index is 12.1. The molecule has 1 amide bonds. The number of allylic oxidation sites excluding steroid dienone is 3. The number of hydrogen-bond acceptors (Lipinski definition) is 7. The molecular weight excluding hydrogens is 424 g/mol. The highest BCUT2D eigenvalue weighted by Crippen LogP contribution is 2.37. The van der Waals surface area contributed by atoms with E-state index in [0.29, 0.717) is 37.3 Å². The lowest BCUT2D eigenvalue weighted by Gasteiger charge is -2.40. The fourth-order valence-corrected chi connectivity index (χ4v) is 4.37. The Hall–Kier alpha value is -2.32. The van der Waals surface area contributed by atoms with Gasteiger partial charge in [0.15, 0.2) is 0 Å². The van der Waals surface area contributed by atoms with Gasteiger partial charge in [-0.1, -0.05) is 25.3 Å². The zero-order valence-electron chi connectivity index (χ0n) is 19.5. The lowest BCUT2D eigenvalue weighted by Crippen LogP contribution is -2.53. The largest absolute Gasteiger partial charge is 0.444 e. The summed E-state index contributed by atoms with van der Waals surface area (Å²) in [5, 5.41) is 4.15. The molecule has 1 aliphatic carbocycles. The van der Waals surface area contributed by atoms with Gasteiger partial charge < -0.3 is 19.7 Å². The average molecular weight is 459 g/mol. The molecule has 32 heavy (non-hydrogen) atoms. The molecule has 1 fully saturated rings. The molecule has 1 saturated heterocycles. The Balaban J connectivity index is 1.62. The maximum Gasteiger partial charge on any atom is 0.410 e. The number of likely N-dealkylation sites (tertiary alicyclic amines) is 1. The summed E-state index contributed by atoms with van der Waals surface area (Å²) in [5.74, 6) is 0.846. The number of nitrogens with zero attached hydrogens (tertiary/aromatic N) is 3. The molecule has 1 aliphatic heterocycles. The van der Waals surface area contributed by atoms with Crippen LogP contribution in [0.3, 0.4) is 0 Å². The van der Waals surface area contributed by atoms with Gasteiger partial charge in [0.25, 0.3) is 0 Å². The molecule has 1 atom stereocenters. The zero-order valence-corrected chi connectivity index (χ0v) is 20.3. The van der Waals surface area contributed by atoms with Crippen LogP contribution >= 0.6 is 11.8 Å². The molecule has 3 rings (SSSR count). The first-order valence-electron chi connectivity index (χ1n) is 11.0. The number of carbonyl (C=O) groups is 1. The molecule has 1 aromatic heterocycles. The Bertz CT molecular complexity index is 888. The number of nitrogens with one attached hydrogen (secondary N) is 1. The van der Waals surface area contributed by atoms with E-state index in [4.69, 9.17) is 14.5 Å². The van der Waals surface area contributed by atoms with Gasteiger partial charge in [-0.2, -0.15) is 0 Å². The smallest absolute Gasteiger partial charge is 0.410 e. The molecule has 2 aliphatic rings. The van der Waals surface area contributed by atoms with E-state index in [1.807, 2.05) is 39.2 Å². The minimum absolute atomic E-state index is 0.0687. The number of anilines is 1. The number of amides is 1. The molecule has 0 bridgehead atoms. The highest BCUT2D eigenvalue weighted by atomic mass is 32.2. The summed E-state index contributed by atoms with van der Waals surface area (Å²) >= 11 is 1.62. The Morgan fingerprint density at radius 2 is 2.09 bits per heavy atom. The van der Waals surface area contributed by atoms with E-state index in [1.165, 1.54) is 5.56 Å². The third-order valence-corrected chi connectivity index (χ3v) is 5.96. The minimum atomic E-state index is -0.475. The molecule has 0 radical (unpaired) electrons. The van der Waals surface area contributed by atoms with Crippen LogP contribution < -0.4 is 5.32 Å². The second-order valence-corrected chi connectivity index (χ2v) is 9.93. The summed E-state index contributed by atoms with van der Waals surface area (Å²) < 4.78 is 11.7. The van der Waals surface area contributed by atoms with E-state index in [-0.39, 0.29) is 12.2 Å². The molecule has 1 N–H and O–H groups in total. The van der Waals surface area contributed by atoms with Gasteiger partial charge in [-0.05, 0) is 52.4 Å². The van der Waals surface area contributed by atoms with E-state index in [9.17, 15) is 4.79 Å². The van der Waals surface area contributed by atoms with Crippen LogP contribution in [-0.2, 0) is 15.9 Å². The number of aromatic nitrogens is 2. The summed E-state index contributed by atoms with van der Waals surface area (Å²) in [7, 11) is 0. The molecule has 1 aromatic rings. The summed E-state index contributed by atoms with van der Waals surface area (Å²) in [6.45, 7) is 15.2. The van der Waals surface area contributed by atoms with E-state index < -0.39 is 5.60 Å². The molecule has 8 heteroatoms. The Morgan fingerprint density at radius 3 is 2.75 bits per heavy atom. The summed E-state index contributed by atoms with van der Waals surface area (Å²) in [4.78, 5) is 23.3. The molecule has 0 aromatic carbocycles. The highest BCUT2D eigenvalue weighted by molar-refractivity contribution is 7.98. The van der Waals surface area contributed by atoms with Crippen molar-refractivity contribution in [2.24, 2.45) is 5.92 Å². The molecular formula is C24H34N4O3S. The van der Waals surface area contributed by atoms with E-state index >= 15 is 0 Å². The fraction of sp³-hybridized carbons (Fsp3) is 0.542. The topological polar surface area (TPSA) is 76.6 Å². The first-order valence-corrected chi connectivity index (χ1v) is 12.2. The standard InChI is InChI=1S/C24H34N4O3S/c1-7-8-10-16(2)25-22-26-20-18(21(27-22)32-6)11-9-12-19(20)30-15-17-13-28(14-17)23(29)31-24(3,4)5/h7-8,10,17,19H,1-2,9,11-15H2,3-6H3,(H,25,26,27)/b10-8-/t19-/m0/s1. The SMILES string of the molecule is C=C/C=C\C(=C)Nc1nc(SC)c2c(n1)[C@@H](OCC1CN(C(=O)OC(C)(C)C)C1)CCC2. The third kappa shape index (κ3) is 6.36. The van der Waals surface area contributed by atoms with Crippen LogP contribution in [0.1, 0.15) is 51.0 Å². The van der Waals surface area contributed by atoms with Crippen molar-refractivity contribution in [2.75, 3.05) is 31.3 Å². The lowest BCUT2D eigenvalue weighted by atomic mass is 9.94. The van der Waals surface area contributed by atoms with Gasteiger partial charge in [-0.25, -0.2) is 14.8 Å². The van der Waals surface area contributed by atoms with Gasteiger partial charge in [-0.3, -0.25) is 0 Å². The van der Waals surface area contributed by atoms with Crippen LogP contribution in [0.5, 0.6) is 0 Å². The van der Waals surface area contributed by atoms with Gasteiger partial charge in [0, 0.05) is 30.3 Å². The van der Waals surface area contributed by atoms with Crippen LogP contribution in [0.4, 0.5) is 10.7 Å². The van der Waals surface area contributed by atoms with E-state index in [0.717, 1.165) is 30.0 Å².